The van der Waals surface area contributed by atoms with Gasteiger partial charge in [0.05, 0.1) is 13.2 Å². The summed E-state index contributed by atoms with van der Waals surface area (Å²) in [6.45, 7) is 0.746. The third-order valence-electron chi connectivity index (χ3n) is 1.83. The summed E-state index contributed by atoms with van der Waals surface area (Å²) in [6, 6.07) is 0. The number of carboxylic acid groups (broad SMARTS) is 1. The van der Waals surface area contributed by atoms with Crippen molar-refractivity contribution in [2.45, 2.75) is 18.9 Å². The van der Waals surface area contributed by atoms with Crippen LogP contribution in [-0.4, -0.2) is 43.0 Å². The highest BCUT2D eigenvalue weighted by Gasteiger charge is 2.17. The Bertz CT molecular complexity index is 212. The highest BCUT2D eigenvalue weighted by Crippen LogP contribution is 2.10. The third kappa shape index (κ3) is 4.08. The van der Waals surface area contributed by atoms with E-state index in [-0.39, 0.29) is 6.10 Å². The predicted octanol–water partition coefficient (Wildman–Crippen LogP) is -0.0238. The van der Waals surface area contributed by atoms with Crippen molar-refractivity contribution >= 4 is 12.1 Å². The first-order chi connectivity index (χ1) is 6.68. The van der Waals surface area contributed by atoms with Gasteiger partial charge in [-0.1, -0.05) is 0 Å². The molecule has 1 aliphatic rings. The molecule has 1 rings (SSSR count). The number of carbonyl (C=O) groups is 2. The van der Waals surface area contributed by atoms with E-state index >= 15 is 0 Å². The lowest BCUT2D eigenvalue weighted by Crippen LogP contribution is -2.34. The molecule has 0 aliphatic carbocycles. The van der Waals surface area contributed by atoms with E-state index in [1.165, 1.54) is 0 Å². The van der Waals surface area contributed by atoms with Crippen LogP contribution in [0.3, 0.4) is 0 Å². The van der Waals surface area contributed by atoms with Crippen molar-refractivity contribution in [2.75, 3.05) is 19.8 Å². The van der Waals surface area contributed by atoms with Crippen molar-refractivity contribution in [1.82, 2.24) is 5.32 Å². The van der Waals surface area contributed by atoms with E-state index in [2.05, 4.69) is 5.32 Å². The van der Waals surface area contributed by atoms with Gasteiger partial charge in [-0.2, -0.15) is 0 Å². The van der Waals surface area contributed by atoms with Gasteiger partial charge in [-0.25, -0.2) is 4.79 Å². The van der Waals surface area contributed by atoms with E-state index in [1.54, 1.807) is 0 Å². The fraction of sp³-hybridized carbons (Fsp3) is 0.750. The van der Waals surface area contributed by atoms with Gasteiger partial charge in [-0.3, -0.25) is 4.79 Å². The first-order valence-electron chi connectivity index (χ1n) is 4.42. The number of rotatable bonds is 3. The van der Waals surface area contributed by atoms with Crippen molar-refractivity contribution in [3.05, 3.63) is 0 Å². The van der Waals surface area contributed by atoms with Crippen LogP contribution in [0.25, 0.3) is 0 Å². The summed E-state index contributed by atoms with van der Waals surface area (Å²) in [5.41, 5.74) is 0. The maximum atomic E-state index is 11.0. The summed E-state index contributed by atoms with van der Waals surface area (Å²) >= 11 is 0. The number of nitrogens with one attached hydrogen (secondary N) is 1. The van der Waals surface area contributed by atoms with Crippen molar-refractivity contribution < 1.29 is 24.2 Å². The summed E-state index contributed by atoms with van der Waals surface area (Å²) in [5, 5.41) is 10.4. The lowest BCUT2D eigenvalue weighted by molar-refractivity contribution is -0.135. The van der Waals surface area contributed by atoms with Gasteiger partial charge in [0.15, 0.2) is 0 Å². The molecule has 0 spiro atoms. The van der Waals surface area contributed by atoms with Gasteiger partial charge < -0.3 is 19.9 Å². The Balaban J connectivity index is 2.15. The molecule has 0 unspecified atom stereocenters. The number of ether oxygens (including phenoxy) is 2. The Hall–Kier alpha value is -1.30. The number of hydrogen-bond acceptors (Lipinski definition) is 4. The average molecular weight is 203 g/mol. The predicted molar refractivity (Wildman–Crippen MR) is 46.0 cm³/mol. The molecule has 1 aliphatic heterocycles. The van der Waals surface area contributed by atoms with E-state index in [1.807, 2.05) is 0 Å². The van der Waals surface area contributed by atoms with Crippen LogP contribution in [0.4, 0.5) is 4.79 Å². The normalized spacial score (nSPS) is 17.4. The van der Waals surface area contributed by atoms with Gasteiger partial charge >= 0.3 is 12.1 Å². The molecule has 14 heavy (non-hydrogen) atoms. The maximum Gasteiger partial charge on any atom is 0.407 e. The summed E-state index contributed by atoms with van der Waals surface area (Å²) in [6.07, 6.45) is 0.498. The lowest BCUT2D eigenvalue weighted by atomic mass is 10.2. The van der Waals surface area contributed by atoms with Crippen LogP contribution in [0.5, 0.6) is 0 Å². The number of aliphatic carboxylic acids is 1. The topological polar surface area (TPSA) is 84.9 Å². The standard InChI is InChI=1S/C8H13NO5/c10-7(11)5-9-8(12)14-6-1-3-13-4-2-6/h6H,1-5H2,(H,9,12)(H,10,11). The summed E-state index contributed by atoms with van der Waals surface area (Å²) in [4.78, 5) is 21.1. The van der Waals surface area contributed by atoms with Gasteiger partial charge in [0.1, 0.15) is 12.6 Å². The number of carbonyl (C=O) groups excluding carboxylic acids is 1. The first-order valence-corrected chi connectivity index (χ1v) is 4.42. The number of hydrogen-bond donors (Lipinski definition) is 2. The van der Waals surface area contributed by atoms with Gasteiger partial charge in [-0.15, -0.1) is 0 Å². The van der Waals surface area contributed by atoms with Gasteiger partial charge in [0, 0.05) is 12.8 Å². The molecule has 0 aromatic rings. The van der Waals surface area contributed by atoms with E-state index in [9.17, 15) is 9.59 Å². The Morgan fingerprint density at radius 3 is 2.64 bits per heavy atom. The molecule has 0 saturated carbocycles. The van der Waals surface area contributed by atoms with Crippen LogP contribution in [-0.2, 0) is 14.3 Å². The zero-order chi connectivity index (χ0) is 10.4. The molecular formula is C8H13NO5. The summed E-state index contributed by atoms with van der Waals surface area (Å²) in [7, 11) is 0. The van der Waals surface area contributed by atoms with E-state index in [0.717, 1.165) is 0 Å². The largest absolute Gasteiger partial charge is 0.480 e. The van der Waals surface area contributed by atoms with Gasteiger partial charge in [0.25, 0.3) is 0 Å². The molecular weight excluding hydrogens is 190 g/mol. The van der Waals surface area contributed by atoms with Crippen molar-refractivity contribution in [3.8, 4) is 0 Å². The molecule has 1 amide bonds. The SMILES string of the molecule is O=C(O)CNC(=O)OC1CCOCC1. The highest BCUT2D eigenvalue weighted by molar-refractivity contribution is 5.76. The zero-order valence-electron chi connectivity index (χ0n) is 7.69. The monoisotopic (exact) mass is 203 g/mol. The molecule has 0 bridgehead atoms. The van der Waals surface area contributed by atoms with Crippen molar-refractivity contribution in [2.24, 2.45) is 0 Å². The van der Waals surface area contributed by atoms with E-state index in [0.29, 0.717) is 26.1 Å². The second kappa shape index (κ2) is 5.43. The molecule has 2 N–H and O–H groups in total. The minimum absolute atomic E-state index is 0.155. The smallest absolute Gasteiger partial charge is 0.407 e. The molecule has 80 valence electrons. The first kappa shape index (κ1) is 10.8. The Kier molecular flexibility index (Phi) is 4.18. The van der Waals surface area contributed by atoms with Crippen LogP contribution in [0.15, 0.2) is 0 Å². The fourth-order valence-corrected chi connectivity index (χ4v) is 1.13. The van der Waals surface area contributed by atoms with Crippen LogP contribution < -0.4 is 5.32 Å². The minimum Gasteiger partial charge on any atom is -0.480 e. The second-order valence-electron chi connectivity index (χ2n) is 2.96. The quantitative estimate of drug-likeness (QED) is 0.673. The molecule has 1 saturated heterocycles. The van der Waals surface area contributed by atoms with Crippen LogP contribution in [0, 0.1) is 0 Å². The van der Waals surface area contributed by atoms with Crippen LogP contribution in [0.2, 0.25) is 0 Å². The second-order valence-corrected chi connectivity index (χ2v) is 2.96. The zero-order valence-corrected chi connectivity index (χ0v) is 7.69. The molecule has 0 atom stereocenters. The van der Waals surface area contributed by atoms with Crippen molar-refractivity contribution in [1.29, 1.82) is 0 Å². The molecule has 6 heteroatoms. The summed E-state index contributed by atoms with van der Waals surface area (Å²) < 4.78 is 10.0. The Labute approximate surface area is 81.2 Å². The maximum absolute atomic E-state index is 11.0. The molecule has 1 fully saturated rings. The van der Waals surface area contributed by atoms with Crippen LogP contribution >= 0.6 is 0 Å². The van der Waals surface area contributed by atoms with Gasteiger partial charge in [-0.05, 0) is 0 Å². The van der Waals surface area contributed by atoms with Crippen LogP contribution in [0.1, 0.15) is 12.8 Å². The lowest BCUT2D eigenvalue weighted by Gasteiger charge is -2.21. The summed E-state index contributed by atoms with van der Waals surface area (Å²) in [5.74, 6) is -1.09. The molecule has 6 nitrogen and oxygen atoms in total. The molecule has 0 radical (unpaired) electrons. The molecule has 0 aromatic heterocycles. The van der Waals surface area contributed by atoms with Crippen molar-refractivity contribution in [3.63, 3.8) is 0 Å². The average Bonchev–Trinajstić information content (AvgIpc) is 2.16. The third-order valence-corrected chi connectivity index (χ3v) is 1.83. The molecule has 1 heterocycles. The Morgan fingerprint density at radius 2 is 2.07 bits per heavy atom. The van der Waals surface area contributed by atoms with Gasteiger partial charge in [0.2, 0.25) is 0 Å². The van der Waals surface area contributed by atoms with E-state index in [4.69, 9.17) is 14.6 Å². The fourth-order valence-electron chi connectivity index (χ4n) is 1.13. The highest BCUT2D eigenvalue weighted by atomic mass is 16.6. The number of amides is 1. The Morgan fingerprint density at radius 1 is 1.43 bits per heavy atom. The van der Waals surface area contributed by atoms with E-state index < -0.39 is 18.6 Å². The number of carboxylic acids is 1. The molecule has 0 aromatic carbocycles. The minimum atomic E-state index is -1.09. The number of alkyl carbamates (subject to hydrolysis) is 1.